The van der Waals surface area contributed by atoms with E-state index in [9.17, 15) is 9.18 Å². The predicted octanol–water partition coefficient (Wildman–Crippen LogP) is 2.53. The number of esters is 1. The molecule has 0 atom stereocenters. The van der Waals surface area contributed by atoms with E-state index in [-0.39, 0.29) is 24.1 Å². The van der Waals surface area contributed by atoms with E-state index >= 15 is 0 Å². The van der Waals surface area contributed by atoms with Gasteiger partial charge in [0.2, 0.25) is 5.17 Å². The number of carbonyl (C=O) groups excluding carboxylic acids is 1. The number of hydrogen-bond donors (Lipinski definition) is 0. The summed E-state index contributed by atoms with van der Waals surface area (Å²) >= 11 is 5.58. The molecule has 1 aromatic rings. The summed E-state index contributed by atoms with van der Waals surface area (Å²) < 4.78 is 17.4. The molecule has 86 valence electrons. The predicted molar refractivity (Wildman–Crippen MR) is 60.0 cm³/mol. The highest BCUT2D eigenvalue weighted by Gasteiger charge is 2.08. The van der Waals surface area contributed by atoms with Gasteiger partial charge in [0.25, 0.3) is 0 Å². The molecule has 0 saturated carbocycles. The minimum Gasteiger partial charge on any atom is -0.461 e. The highest BCUT2D eigenvalue weighted by Crippen LogP contribution is 2.05. The third kappa shape index (κ3) is 3.98. The molecule has 5 heteroatoms. The molecule has 0 aliphatic rings. The van der Waals surface area contributed by atoms with Crippen molar-refractivity contribution in [1.29, 1.82) is 0 Å². The van der Waals surface area contributed by atoms with E-state index in [1.807, 2.05) is 0 Å². The summed E-state index contributed by atoms with van der Waals surface area (Å²) in [7, 11) is 0. The van der Waals surface area contributed by atoms with Crippen LogP contribution < -0.4 is 0 Å². The van der Waals surface area contributed by atoms with Crippen LogP contribution in [0.15, 0.2) is 29.3 Å². The third-order valence-electron chi connectivity index (χ3n) is 1.73. The smallest absolute Gasteiger partial charge is 0.368 e. The normalized spacial score (nSPS) is 11.3. The first-order valence-electron chi connectivity index (χ1n) is 4.75. The Balaban J connectivity index is 2.62. The molecule has 0 bridgehead atoms. The highest BCUT2D eigenvalue weighted by molar-refractivity contribution is 6.82. The van der Waals surface area contributed by atoms with Gasteiger partial charge in [-0.1, -0.05) is 23.7 Å². The molecule has 1 aromatic carbocycles. The lowest BCUT2D eigenvalue weighted by Crippen LogP contribution is -2.12. The Morgan fingerprint density at radius 3 is 2.94 bits per heavy atom. The number of carbonyl (C=O) groups is 1. The summed E-state index contributed by atoms with van der Waals surface area (Å²) in [5.41, 5.74) is 0.641. The zero-order chi connectivity index (χ0) is 12.0. The first-order valence-corrected chi connectivity index (χ1v) is 5.12. The van der Waals surface area contributed by atoms with Crippen molar-refractivity contribution in [2.75, 3.05) is 6.61 Å². The SMILES string of the molecule is CCOC(=O)C(Cl)=NCc1cccc(F)c1. The summed E-state index contributed by atoms with van der Waals surface area (Å²) in [6, 6.07) is 5.93. The maximum absolute atomic E-state index is 12.8. The lowest BCUT2D eigenvalue weighted by Gasteiger charge is -2.00. The van der Waals surface area contributed by atoms with Crippen LogP contribution in [0.4, 0.5) is 4.39 Å². The summed E-state index contributed by atoms with van der Waals surface area (Å²) in [5, 5.41) is -0.230. The Morgan fingerprint density at radius 2 is 2.31 bits per heavy atom. The van der Waals surface area contributed by atoms with Gasteiger partial charge >= 0.3 is 5.97 Å². The number of nitrogens with zero attached hydrogens (tertiary/aromatic N) is 1. The molecule has 1 rings (SSSR count). The fraction of sp³-hybridized carbons (Fsp3) is 0.273. The van der Waals surface area contributed by atoms with Gasteiger partial charge in [0, 0.05) is 0 Å². The molecule has 0 fully saturated rings. The lowest BCUT2D eigenvalue weighted by molar-refractivity contribution is -0.134. The average Bonchev–Trinajstić information content (AvgIpc) is 2.26. The van der Waals surface area contributed by atoms with Crippen molar-refractivity contribution in [3.05, 3.63) is 35.6 Å². The van der Waals surface area contributed by atoms with Crippen LogP contribution in [0.25, 0.3) is 0 Å². The van der Waals surface area contributed by atoms with Crippen molar-refractivity contribution in [1.82, 2.24) is 0 Å². The van der Waals surface area contributed by atoms with Crippen molar-refractivity contribution >= 4 is 22.7 Å². The average molecular weight is 244 g/mol. The number of hydrogen-bond acceptors (Lipinski definition) is 3. The van der Waals surface area contributed by atoms with Gasteiger partial charge in [0.15, 0.2) is 0 Å². The number of rotatable bonds is 4. The van der Waals surface area contributed by atoms with Gasteiger partial charge in [0.1, 0.15) is 5.82 Å². The maximum atomic E-state index is 12.8. The van der Waals surface area contributed by atoms with Gasteiger partial charge in [-0.3, -0.25) is 4.99 Å². The minimum atomic E-state index is -0.666. The van der Waals surface area contributed by atoms with Crippen molar-refractivity contribution in [3.8, 4) is 0 Å². The summed E-state index contributed by atoms with van der Waals surface area (Å²) in [5.74, 6) is -1.01. The zero-order valence-corrected chi connectivity index (χ0v) is 9.50. The van der Waals surface area contributed by atoms with Crippen LogP contribution in [0.5, 0.6) is 0 Å². The number of ether oxygens (including phenoxy) is 1. The largest absolute Gasteiger partial charge is 0.461 e. The third-order valence-corrected chi connectivity index (χ3v) is 2.01. The summed E-state index contributed by atoms with van der Waals surface area (Å²) in [6.45, 7) is 2.06. The lowest BCUT2D eigenvalue weighted by atomic mass is 10.2. The van der Waals surface area contributed by atoms with Gasteiger partial charge < -0.3 is 4.74 Å². The van der Waals surface area contributed by atoms with Crippen LogP contribution >= 0.6 is 11.6 Å². The standard InChI is InChI=1S/C11H11ClFNO2/c1-2-16-11(15)10(12)14-7-8-4-3-5-9(13)6-8/h3-6H,2,7H2,1H3. The van der Waals surface area contributed by atoms with Crippen LogP contribution in [-0.2, 0) is 16.1 Å². The first-order chi connectivity index (χ1) is 7.63. The zero-order valence-electron chi connectivity index (χ0n) is 8.74. The molecule has 0 saturated heterocycles. The molecule has 0 radical (unpaired) electrons. The molecule has 0 aliphatic carbocycles. The Bertz CT molecular complexity index is 407. The molecule has 0 spiro atoms. The van der Waals surface area contributed by atoms with Gasteiger partial charge in [0.05, 0.1) is 13.2 Å². The molecular weight excluding hydrogens is 233 g/mol. The maximum Gasteiger partial charge on any atom is 0.368 e. The highest BCUT2D eigenvalue weighted by atomic mass is 35.5. The molecule has 0 aromatic heterocycles. The van der Waals surface area contributed by atoms with Crippen LogP contribution in [0.3, 0.4) is 0 Å². The molecule has 0 N–H and O–H groups in total. The van der Waals surface area contributed by atoms with Crippen molar-refractivity contribution in [3.63, 3.8) is 0 Å². The topological polar surface area (TPSA) is 38.7 Å². The number of aliphatic imine (C=N–C) groups is 1. The molecule has 0 aliphatic heterocycles. The van der Waals surface area contributed by atoms with E-state index in [1.54, 1.807) is 19.1 Å². The molecular formula is C11H11ClFNO2. The Kier molecular flexibility index (Phi) is 4.92. The van der Waals surface area contributed by atoms with Crippen molar-refractivity contribution < 1.29 is 13.9 Å². The Labute approximate surface area is 97.9 Å². The Morgan fingerprint density at radius 1 is 1.56 bits per heavy atom. The fourth-order valence-electron chi connectivity index (χ4n) is 1.05. The molecule has 0 unspecified atom stereocenters. The van der Waals surface area contributed by atoms with Crippen molar-refractivity contribution in [2.45, 2.75) is 13.5 Å². The van der Waals surface area contributed by atoms with E-state index in [4.69, 9.17) is 11.6 Å². The minimum absolute atomic E-state index is 0.148. The Hall–Kier alpha value is -1.42. The van der Waals surface area contributed by atoms with Crippen LogP contribution in [0.1, 0.15) is 12.5 Å². The fourth-order valence-corrected chi connectivity index (χ4v) is 1.17. The molecule has 0 heterocycles. The van der Waals surface area contributed by atoms with E-state index in [0.717, 1.165) is 0 Å². The second-order valence-electron chi connectivity index (χ2n) is 2.96. The van der Waals surface area contributed by atoms with Crippen LogP contribution in [-0.4, -0.2) is 17.7 Å². The van der Waals surface area contributed by atoms with E-state index in [0.29, 0.717) is 5.56 Å². The second kappa shape index (κ2) is 6.23. The summed E-state index contributed by atoms with van der Waals surface area (Å²) in [4.78, 5) is 14.9. The monoisotopic (exact) mass is 243 g/mol. The van der Waals surface area contributed by atoms with Gasteiger partial charge in [-0.05, 0) is 24.6 Å². The summed E-state index contributed by atoms with van der Waals surface area (Å²) in [6.07, 6.45) is 0. The van der Waals surface area contributed by atoms with Gasteiger partial charge in [-0.25, -0.2) is 9.18 Å². The van der Waals surface area contributed by atoms with Crippen LogP contribution in [0, 0.1) is 5.82 Å². The van der Waals surface area contributed by atoms with Crippen molar-refractivity contribution in [2.24, 2.45) is 4.99 Å². The van der Waals surface area contributed by atoms with Gasteiger partial charge in [-0.2, -0.15) is 0 Å². The number of benzene rings is 1. The quantitative estimate of drug-likeness (QED) is 0.602. The molecule has 3 nitrogen and oxygen atoms in total. The second-order valence-corrected chi connectivity index (χ2v) is 3.32. The first kappa shape index (κ1) is 12.6. The molecule has 0 amide bonds. The number of halogens is 2. The van der Waals surface area contributed by atoms with Crippen LogP contribution in [0.2, 0.25) is 0 Å². The molecule has 16 heavy (non-hydrogen) atoms. The van der Waals surface area contributed by atoms with Gasteiger partial charge in [-0.15, -0.1) is 0 Å². The van der Waals surface area contributed by atoms with E-state index in [1.165, 1.54) is 12.1 Å². The van der Waals surface area contributed by atoms with E-state index in [2.05, 4.69) is 9.73 Å². The van der Waals surface area contributed by atoms with E-state index < -0.39 is 5.97 Å².